The smallest absolute Gasteiger partial charge is 0.240 e. The highest BCUT2D eigenvalue weighted by molar-refractivity contribution is 7.99. The Morgan fingerprint density at radius 3 is 2.79 bits per heavy atom. The van der Waals surface area contributed by atoms with E-state index in [1.54, 1.807) is 28.9 Å². The zero-order valence-electron chi connectivity index (χ0n) is 11.4. The number of hydrogen-bond donors (Lipinski definition) is 1. The van der Waals surface area contributed by atoms with E-state index in [1.807, 2.05) is 13.1 Å². The summed E-state index contributed by atoms with van der Waals surface area (Å²) in [5.41, 5.74) is 0. The van der Waals surface area contributed by atoms with Crippen molar-refractivity contribution in [1.82, 2.24) is 24.5 Å². The molecule has 1 atom stereocenters. The van der Waals surface area contributed by atoms with Crippen LogP contribution in [0.1, 0.15) is 27.2 Å². The molecule has 6 nitrogen and oxygen atoms in total. The van der Waals surface area contributed by atoms with Gasteiger partial charge in [-0.2, -0.15) is 15.0 Å². The van der Waals surface area contributed by atoms with Crippen LogP contribution in [0.4, 0.5) is 5.95 Å². The van der Waals surface area contributed by atoms with Crippen LogP contribution in [-0.4, -0.2) is 36.3 Å². The van der Waals surface area contributed by atoms with Gasteiger partial charge < -0.3 is 5.32 Å². The molecule has 0 saturated carbocycles. The van der Waals surface area contributed by atoms with Crippen molar-refractivity contribution < 1.29 is 0 Å². The lowest BCUT2D eigenvalue weighted by Crippen LogP contribution is -2.09. The molecule has 1 N–H and O–H groups in total. The van der Waals surface area contributed by atoms with Crippen molar-refractivity contribution in [2.75, 3.05) is 11.9 Å². The van der Waals surface area contributed by atoms with Crippen LogP contribution in [0.3, 0.4) is 0 Å². The number of hydrogen-bond acceptors (Lipinski definition) is 6. The fourth-order valence-electron chi connectivity index (χ4n) is 1.39. The summed E-state index contributed by atoms with van der Waals surface area (Å²) in [6.45, 7) is 7.11. The largest absolute Gasteiger partial charge is 0.354 e. The summed E-state index contributed by atoms with van der Waals surface area (Å²) in [6.07, 6.45) is 6.29. The van der Waals surface area contributed by atoms with E-state index in [1.165, 1.54) is 0 Å². The van der Waals surface area contributed by atoms with Crippen molar-refractivity contribution in [3.05, 3.63) is 18.7 Å². The monoisotopic (exact) mass is 278 g/mol. The maximum absolute atomic E-state index is 4.47. The van der Waals surface area contributed by atoms with Gasteiger partial charge in [0.2, 0.25) is 11.9 Å². The molecule has 0 aromatic carbocycles. The predicted molar refractivity (Wildman–Crippen MR) is 76.7 cm³/mol. The van der Waals surface area contributed by atoms with E-state index < -0.39 is 0 Å². The molecule has 0 amide bonds. The van der Waals surface area contributed by atoms with Gasteiger partial charge >= 0.3 is 0 Å². The van der Waals surface area contributed by atoms with E-state index in [4.69, 9.17) is 0 Å². The molecule has 0 aliphatic heterocycles. The zero-order valence-corrected chi connectivity index (χ0v) is 12.2. The fourth-order valence-corrected chi connectivity index (χ4v) is 2.19. The molecule has 0 aliphatic carbocycles. The molecule has 2 aromatic heterocycles. The van der Waals surface area contributed by atoms with Gasteiger partial charge in [-0.3, -0.25) is 4.57 Å². The van der Waals surface area contributed by atoms with Gasteiger partial charge in [0.15, 0.2) is 5.16 Å². The van der Waals surface area contributed by atoms with Crippen molar-refractivity contribution in [2.24, 2.45) is 0 Å². The van der Waals surface area contributed by atoms with Crippen LogP contribution in [0, 0.1) is 0 Å². The van der Waals surface area contributed by atoms with Gasteiger partial charge in [0.1, 0.15) is 6.33 Å². The molecule has 0 aliphatic rings. The molecule has 0 spiro atoms. The Hall–Kier alpha value is -1.63. The number of nitrogens with zero attached hydrogens (tertiary/aromatic N) is 5. The number of aromatic nitrogens is 5. The van der Waals surface area contributed by atoms with Crippen molar-refractivity contribution in [3.8, 4) is 5.95 Å². The van der Waals surface area contributed by atoms with Crippen molar-refractivity contribution in [3.63, 3.8) is 0 Å². The second-order valence-electron chi connectivity index (χ2n) is 4.08. The first-order valence-corrected chi connectivity index (χ1v) is 7.25. The van der Waals surface area contributed by atoms with Crippen LogP contribution in [0.25, 0.3) is 5.95 Å². The quantitative estimate of drug-likeness (QED) is 0.818. The lowest BCUT2D eigenvalue weighted by atomic mass is 10.4. The summed E-state index contributed by atoms with van der Waals surface area (Å²) in [7, 11) is 0. The SMILES string of the molecule is CCNc1nc(SC(C)CC)nc(-n2ccnc2)n1. The van der Waals surface area contributed by atoms with Gasteiger partial charge in [-0.15, -0.1) is 0 Å². The second kappa shape index (κ2) is 6.51. The summed E-state index contributed by atoms with van der Waals surface area (Å²) < 4.78 is 1.78. The summed E-state index contributed by atoms with van der Waals surface area (Å²) in [4.78, 5) is 17.3. The minimum atomic E-state index is 0.479. The highest BCUT2D eigenvalue weighted by atomic mass is 32.2. The first-order valence-electron chi connectivity index (χ1n) is 6.37. The summed E-state index contributed by atoms with van der Waals surface area (Å²) >= 11 is 1.66. The molecule has 0 bridgehead atoms. The first kappa shape index (κ1) is 13.8. The lowest BCUT2D eigenvalue weighted by Gasteiger charge is -2.10. The Bertz CT molecular complexity index is 513. The maximum atomic E-state index is 4.47. The maximum Gasteiger partial charge on any atom is 0.240 e. The number of rotatable bonds is 6. The summed E-state index contributed by atoms with van der Waals surface area (Å²) in [6, 6.07) is 0. The third-order valence-corrected chi connectivity index (χ3v) is 3.68. The third kappa shape index (κ3) is 3.66. The molecule has 2 rings (SSSR count). The molecule has 2 heterocycles. The normalized spacial score (nSPS) is 12.4. The van der Waals surface area contributed by atoms with Gasteiger partial charge in [0.25, 0.3) is 0 Å². The van der Waals surface area contributed by atoms with Crippen LogP contribution in [0.15, 0.2) is 23.9 Å². The molecule has 0 radical (unpaired) electrons. The Kier molecular flexibility index (Phi) is 4.73. The lowest BCUT2D eigenvalue weighted by molar-refractivity contribution is 0.814. The standard InChI is InChI=1S/C12H18N6S/c1-4-9(3)19-12-16-10(14-5-2)15-11(17-12)18-7-6-13-8-18/h6-9H,4-5H2,1-3H3,(H,14,15,16,17). The minimum absolute atomic E-state index is 0.479. The van der Waals surface area contributed by atoms with E-state index in [0.29, 0.717) is 17.1 Å². The second-order valence-corrected chi connectivity index (χ2v) is 5.48. The topological polar surface area (TPSA) is 68.5 Å². The zero-order chi connectivity index (χ0) is 13.7. The molecule has 102 valence electrons. The molecular formula is C12H18N6S. The number of nitrogens with one attached hydrogen (secondary N) is 1. The van der Waals surface area contributed by atoms with Crippen LogP contribution in [-0.2, 0) is 0 Å². The highest BCUT2D eigenvalue weighted by Crippen LogP contribution is 2.22. The van der Waals surface area contributed by atoms with E-state index in [9.17, 15) is 0 Å². The van der Waals surface area contributed by atoms with E-state index in [-0.39, 0.29) is 0 Å². The Morgan fingerprint density at radius 1 is 1.32 bits per heavy atom. The number of anilines is 1. The van der Waals surface area contributed by atoms with Crippen molar-refractivity contribution in [1.29, 1.82) is 0 Å². The molecule has 1 unspecified atom stereocenters. The van der Waals surface area contributed by atoms with Gasteiger partial charge in [-0.1, -0.05) is 25.6 Å². The third-order valence-electron chi connectivity index (χ3n) is 2.55. The molecule has 0 fully saturated rings. The van der Waals surface area contributed by atoms with E-state index >= 15 is 0 Å². The van der Waals surface area contributed by atoms with Gasteiger partial charge in [-0.25, -0.2) is 4.98 Å². The predicted octanol–water partition coefficient (Wildman–Crippen LogP) is 2.38. The molecule has 7 heteroatoms. The van der Waals surface area contributed by atoms with Crippen LogP contribution >= 0.6 is 11.8 Å². The molecule has 0 saturated heterocycles. The number of imidazole rings is 1. The van der Waals surface area contributed by atoms with E-state index in [2.05, 4.69) is 39.1 Å². The van der Waals surface area contributed by atoms with Crippen LogP contribution in [0.5, 0.6) is 0 Å². The van der Waals surface area contributed by atoms with Crippen LogP contribution in [0.2, 0.25) is 0 Å². The average Bonchev–Trinajstić information content (AvgIpc) is 2.92. The molecule has 19 heavy (non-hydrogen) atoms. The fraction of sp³-hybridized carbons (Fsp3) is 0.500. The minimum Gasteiger partial charge on any atom is -0.354 e. The molecule has 2 aromatic rings. The summed E-state index contributed by atoms with van der Waals surface area (Å²) in [5.74, 6) is 1.20. The first-order chi connectivity index (χ1) is 9.22. The van der Waals surface area contributed by atoms with Crippen LogP contribution < -0.4 is 5.32 Å². The van der Waals surface area contributed by atoms with Gasteiger partial charge in [0.05, 0.1) is 0 Å². The average molecular weight is 278 g/mol. The highest BCUT2D eigenvalue weighted by Gasteiger charge is 2.10. The summed E-state index contributed by atoms with van der Waals surface area (Å²) in [5, 5.41) is 4.35. The Balaban J connectivity index is 2.32. The van der Waals surface area contributed by atoms with E-state index in [0.717, 1.165) is 18.1 Å². The number of thioether (sulfide) groups is 1. The van der Waals surface area contributed by atoms with Gasteiger partial charge in [-0.05, 0) is 13.3 Å². The van der Waals surface area contributed by atoms with Gasteiger partial charge in [0, 0.05) is 24.2 Å². The Labute approximate surface area is 117 Å². The molecular weight excluding hydrogens is 260 g/mol. The Morgan fingerprint density at radius 2 is 2.16 bits per heavy atom. The van der Waals surface area contributed by atoms with Crippen molar-refractivity contribution in [2.45, 2.75) is 37.6 Å². The van der Waals surface area contributed by atoms with Crippen molar-refractivity contribution >= 4 is 17.7 Å².